The summed E-state index contributed by atoms with van der Waals surface area (Å²) in [4.78, 5) is 47.4. The van der Waals surface area contributed by atoms with Gasteiger partial charge in [-0.3, -0.25) is 19.1 Å². The molecule has 2 fully saturated rings. The highest BCUT2D eigenvalue weighted by atomic mass is 35.5. The molecule has 2 aliphatic rings. The first kappa shape index (κ1) is 21.5. The van der Waals surface area contributed by atoms with Gasteiger partial charge in [-0.25, -0.2) is 9.78 Å². The van der Waals surface area contributed by atoms with Crippen molar-refractivity contribution in [1.82, 2.24) is 19.4 Å². The molecule has 29 heavy (non-hydrogen) atoms. The second-order valence-corrected chi connectivity index (χ2v) is 7.86. The van der Waals surface area contributed by atoms with Gasteiger partial charge in [0.2, 0.25) is 0 Å². The second-order valence-electron chi connectivity index (χ2n) is 7.86. The molecule has 1 amide bonds. The lowest BCUT2D eigenvalue weighted by Crippen LogP contribution is -2.47. The number of amides is 1. The summed E-state index contributed by atoms with van der Waals surface area (Å²) >= 11 is 0. The molecular weight excluding hydrogens is 394 g/mol. The molecule has 8 nitrogen and oxygen atoms in total. The quantitative estimate of drug-likeness (QED) is 0.763. The molecule has 1 aliphatic heterocycles. The zero-order valence-electron chi connectivity index (χ0n) is 16.6. The number of aromatic nitrogens is 3. The second kappa shape index (κ2) is 8.67. The fourth-order valence-corrected chi connectivity index (χ4v) is 4.15. The number of likely N-dealkylation sites (tertiary alicyclic amines) is 1. The minimum absolute atomic E-state index is 0. The van der Waals surface area contributed by atoms with Crippen molar-refractivity contribution in [2.45, 2.75) is 64.0 Å². The van der Waals surface area contributed by atoms with Crippen molar-refractivity contribution in [2.75, 3.05) is 13.1 Å². The third-order valence-electron chi connectivity index (χ3n) is 5.80. The maximum absolute atomic E-state index is 13.5. The highest BCUT2D eigenvalue weighted by Crippen LogP contribution is 2.40. The van der Waals surface area contributed by atoms with E-state index in [2.05, 4.69) is 9.97 Å². The summed E-state index contributed by atoms with van der Waals surface area (Å²) in [6, 6.07) is 1.75. The fraction of sp³-hybridized carbons (Fsp3) is 0.600. The Labute approximate surface area is 174 Å². The number of aromatic amines is 1. The molecule has 1 unspecified atom stereocenters. The summed E-state index contributed by atoms with van der Waals surface area (Å²) in [6.07, 6.45) is 5.61. The van der Waals surface area contributed by atoms with Crippen molar-refractivity contribution >= 4 is 29.3 Å². The van der Waals surface area contributed by atoms with Crippen LogP contribution < -0.4 is 17.0 Å². The van der Waals surface area contributed by atoms with Gasteiger partial charge in [0.1, 0.15) is 0 Å². The molecule has 0 spiro atoms. The Balaban J connectivity index is 0.00000240. The maximum atomic E-state index is 13.5. The van der Waals surface area contributed by atoms with E-state index in [4.69, 9.17) is 5.73 Å². The van der Waals surface area contributed by atoms with Gasteiger partial charge >= 0.3 is 5.69 Å². The topological polar surface area (TPSA) is 114 Å². The van der Waals surface area contributed by atoms with Crippen molar-refractivity contribution in [3.05, 3.63) is 38.2 Å². The Morgan fingerprint density at radius 1 is 1.28 bits per heavy atom. The first-order valence-corrected chi connectivity index (χ1v) is 10.2. The molecule has 3 heterocycles. The number of nitrogens with two attached hydrogens (primary N) is 1. The van der Waals surface area contributed by atoms with Gasteiger partial charge in [0.05, 0.1) is 10.9 Å². The van der Waals surface area contributed by atoms with Crippen LogP contribution in [0.15, 0.2) is 15.7 Å². The summed E-state index contributed by atoms with van der Waals surface area (Å²) in [5.41, 5.74) is 6.35. The lowest BCUT2D eigenvalue weighted by molar-refractivity contribution is 0.0625. The van der Waals surface area contributed by atoms with E-state index in [9.17, 15) is 14.4 Å². The van der Waals surface area contributed by atoms with E-state index in [1.165, 1.54) is 4.57 Å². The van der Waals surface area contributed by atoms with Crippen molar-refractivity contribution in [3.63, 3.8) is 0 Å². The van der Waals surface area contributed by atoms with E-state index >= 15 is 0 Å². The number of halogens is 1. The maximum Gasteiger partial charge on any atom is 0.329 e. The number of fused-ring (bicyclic) bond motifs is 1. The van der Waals surface area contributed by atoms with Crippen molar-refractivity contribution in [2.24, 2.45) is 5.73 Å². The Hall–Kier alpha value is -2.19. The molecular formula is C20H28ClN5O3. The van der Waals surface area contributed by atoms with E-state index in [-0.39, 0.29) is 29.7 Å². The standard InChI is InChI=1S/C20H27N5O3.ClH/c1-2-8-25-17-16(18(26)23-20(25)28)14(10-15(22-17)12-6-7-12)19(27)24-9-4-3-5-13(24)11-21;/h10,12-13H,2-9,11,21H2,1H3,(H,23,26,28);1H. The Morgan fingerprint density at radius 2 is 2.03 bits per heavy atom. The first-order chi connectivity index (χ1) is 13.5. The number of hydrogen-bond donors (Lipinski definition) is 2. The number of rotatable bonds is 5. The van der Waals surface area contributed by atoms with Crippen molar-refractivity contribution in [1.29, 1.82) is 0 Å². The van der Waals surface area contributed by atoms with Crippen LogP contribution in [0, 0.1) is 0 Å². The summed E-state index contributed by atoms with van der Waals surface area (Å²) in [5, 5.41) is 0.212. The molecule has 3 N–H and O–H groups in total. The lowest BCUT2D eigenvalue weighted by Gasteiger charge is -2.35. The molecule has 1 atom stereocenters. The number of nitrogens with one attached hydrogen (secondary N) is 1. The normalized spacial score (nSPS) is 19.2. The average Bonchev–Trinajstić information content (AvgIpc) is 3.55. The first-order valence-electron chi connectivity index (χ1n) is 10.2. The van der Waals surface area contributed by atoms with Crippen LogP contribution in [-0.2, 0) is 6.54 Å². The van der Waals surface area contributed by atoms with Crippen LogP contribution in [0.2, 0.25) is 0 Å². The number of carbonyl (C=O) groups excluding carboxylic acids is 1. The summed E-state index contributed by atoms with van der Waals surface area (Å²) in [6.45, 7) is 3.44. The molecule has 2 aromatic heterocycles. The zero-order valence-corrected chi connectivity index (χ0v) is 17.5. The van der Waals surface area contributed by atoms with Crippen LogP contribution in [0.3, 0.4) is 0 Å². The van der Waals surface area contributed by atoms with Crippen LogP contribution in [0.25, 0.3) is 11.0 Å². The molecule has 2 aromatic rings. The molecule has 0 aromatic carbocycles. The van der Waals surface area contributed by atoms with Gasteiger partial charge in [0.15, 0.2) is 5.65 Å². The molecule has 0 radical (unpaired) electrons. The average molecular weight is 422 g/mol. The van der Waals surface area contributed by atoms with Crippen LogP contribution in [0.1, 0.15) is 67.4 Å². The van der Waals surface area contributed by atoms with Gasteiger partial charge in [-0.15, -0.1) is 12.4 Å². The Kier molecular flexibility index (Phi) is 6.43. The predicted molar refractivity (Wildman–Crippen MR) is 114 cm³/mol. The third-order valence-corrected chi connectivity index (χ3v) is 5.80. The summed E-state index contributed by atoms with van der Waals surface area (Å²) in [7, 11) is 0. The van der Waals surface area contributed by atoms with Gasteiger partial charge in [-0.05, 0) is 44.6 Å². The Bertz CT molecular complexity index is 1030. The fourth-order valence-electron chi connectivity index (χ4n) is 4.15. The number of H-pyrrole nitrogens is 1. The number of piperidine rings is 1. The van der Waals surface area contributed by atoms with Crippen molar-refractivity contribution in [3.8, 4) is 0 Å². The Morgan fingerprint density at radius 3 is 2.69 bits per heavy atom. The van der Waals surface area contributed by atoms with E-state index in [0.717, 1.165) is 44.2 Å². The number of pyridine rings is 1. The van der Waals surface area contributed by atoms with Crippen LogP contribution in [0.5, 0.6) is 0 Å². The SMILES string of the molecule is CCCn1c(=O)[nH]c(=O)c2c(C(=O)N3CCCCC3CN)cc(C3CC3)nc21.Cl. The largest absolute Gasteiger partial charge is 0.334 e. The third kappa shape index (κ3) is 3.96. The molecule has 0 bridgehead atoms. The van der Waals surface area contributed by atoms with Gasteiger partial charge in [-0.2, -0.15) is 0 Å². The van der Waals surface area contributed by atoms with Crippen LogP contribution >= 0.6 is 12.4 Å². The number of aryl methyl sites for hydroxylation is 1. The van der Waals surface area contributed by atoms with E-state index in [0.29, 0.717) is 36.8 Å². The monoisotopic (exact) mass is 421 g/mol. The van der Waals surface area contributed by atoms with Crippen molar-refractivity contribution < 1.29 is 4.79 Å². The minimum Gasteiger partial charge on any atom is -0.334 e. The molecule has 1 saturated heterocycles. The lowest BCUT2D eigenvalue weighted by atomic mass is 9.99. The smallest absolute Gasteiger partial charge is 0.329 e. The van der Waals surface area contributed by atoms with E-state index in [1.807, 2.05) is 6.92 Å². The van der Waals surface area contributed by atoms with E-state index < -0.39 is 11.2 Å². The number of hydrogen-bond acceptors (Lipinski definition) is 5. The van der Waals surface area contributed by atoms with Gasteiger partial charge in [-0.1, -0.05) is 6.92 Å². The van der Waals surface area contributed by atoms with Gasteiger partial charge < -0.3 is 10.6 Å². The van der Waals surface area contributed by atoms with E-state index in [1.54, 1.807) is 11.0 Å². The molecule has 9 heteroatoms. The highest BCUT2D eigenvalue weighted by molar-refractivity contribution is 6.05. The zero-order chi connectivity index (χ0) is 19.8. The molecule has 1 saturated carbocycles. The predicted octanol–water partition coefficient (Wildman–Crippen LogP) is 1.75. The van der Waals surface area contributed by atoms with Crippen LogP contribution in [-0.4, -0.2) is 44.5 Å². The van der Waals surface area contributed by atoms with Gasteiger partial charge in [0.25, 0.3) is 11.5 Å². The van der Waals surface area contributed by atoms with Crippen LogP contribution in [0.4, 0.5) is 0 Å². The molecule has 1 aliphatic carbocycles. The minimum atomic E-state index is -0.549. The molecule has 4 rings (SSSR count). The number of nitrogens with zero attached hydrogens (tertiary/aromatic N) is 3. The summed E-state index contributed by atoms with van der Waals surface area (Å²) < 4.78 is 1.48. The molecule has 158 valence electrons. The number of carbonyl (C=O) groups is 1. The highest BCUT2D eigenvalue weighted by Gasteiger charge is 2.32. The van der Waals surface area contributed by atoms with Gasteiger partial charge in [0, 0.05) is 37.3 Å². The summed E-state index contributed by atoms with van der Waals surface area (Å²) in [5.74, 6) is 0.115.